The Morgan fingerprint density at radius 3 is 2.22 bits per heavy atom. The number of sulfonamides is 1. The van der Waals surface area contributed by atoms with Crippen LogP contribution in [0.5, 0.6) is 0 Å². The van der Waals surface area contributed by atoms with Gasteiger partial charge in [0.15, 0.2) is 0 Å². The molecule has 8 heteroatoms. The number of carbonyl (C=O) groups is 1. The number of benzene rings is 2. The molecular formula is C19H24ClN3O3S. The first-order valence-electron chi connectivity index (χ1n) is 8.53. The Bertz CT molecular complexity index is 866. The molecule has 0 unspecified atom stereocenters. The monoisotopic (exact) mass is 409 g/mol. The van der Waals surface area contributed by atoms with Gasteiger partial charge < -0.3 is 10.6 Å². The summed E-state index contributed by atoms with van der Waals surface area (Å²) in [5, 5.41) is 6.43. The second kappa shape index (κ2) is 9.21. The molecule has 0 bridgehead atoms. The summed E-state index contributed by atoms with van der Waals surface area (Å²) in [6.07, 6.45) is 0. The van der Waals surface area contributed by atoms with E-state index in [0.29, 0.717) is 17.3 Å². The van der Waals surface area contributed by atoms with Crippen LogP contribution in [0.4, 0.5) is 5.69 Å². The highest BCUT2D eigenvalue weighted by atomic mass is 35.5. The number of rotatable bonds is 8. The molecule has 6 nitrogen and oxygen atoms in total. The van der Waals surface area contributed by atoms with Crippen LogP contribution in [0.25, 0.3) is 0 Å². The average molecular weight is 410 g/mol. The fraction of sp³-hybridized carbons (Fsp3) is 0.316. The Morgan fingerprint density at radius 2 is 1.67 bits per heavy atom. The summed E-state index contributed by atoms with van der Waals surface area (Å²) in [7, 11) is -1.96. The predicted octanol–water partition coefficient (Wildman–Crippen LogP) is 3.10. The number of anilines is 1. The van der Waals surface area contributed by atoms with Gasteiger partial charge in [0.05, 0.1) is 11.4 Å². The molecule has 0 heterocycles. The van der Waals surface area contributed by atoms with Gasteiger partial charge in [0.2, 0.25) is 15.9 Å². The first kappa shape index (κ1) is 21.2. The molecule has 0 fully saturated rings. The minimum atomic E-state index is -3.51. The van der Waals surface area contributed by atoms with E-state index in [-0.39, 0.29) is 23.4 Å². The van der Waals surface area contributed by atoms with E-state index in [9.17, 15) is 13.2 Å². The lowest BCUT2D eigenvalue weighted by molar-refractivity contribution is -0.119. The van der Waals surface area contributed by atoms with Crippen molar-refractivity contribution >= 4 is 33.2 Å². The predicted molar refractivity (Wildman–Crippen MR) is 108 cm³/mol. The van der Waals surface area contributed by atoms with Crippen molar-refractivity contribution in [3.63, 3.8) is 0 Å². The molecule has 2 aromatic rings. The maximum atomic E-state index is 12.4. The zero-order valence-corrected chi connectivity index (χ0v) is 17.1. The van der Waals surface area contributed by atoms with Crippen molar-refractivity contribution in [3.8, 4) is 0 Å². The highest BCUT2D eigenvalue weighted by Gasteiger charge is 2.22. The lowest BCUT2D eigenvalue weighted by atomic mass is 10.2. The van der Waals surface area contributed by atoms with E-state index in [1.807, 2.05) is 26.0 Å². The van der Waals surface area contributed by atoms with Crippen LogP contribution in [0, 0.1) is 0 Å². The third-order valence-corrected chi connectivity index (χ3v) is 6.41. The van der Waals surface area contributed by atoms with Crippen LogP contribution in [0.1, 0.15) is 19.4 Å². The molecule has 27 heavy (non-hydrogen) atoms. The van der Waals surface area contributed by atoms with Gasteiger partial charge in [0, 0.05) is 30.3 Å². The van der Waals surface area contributed by atoms with Crippen molar-refractivity contribution in [1.29, 1.82) is 0 Å². The van der Waals surface area contributed by atoms with E-state index in [1.165, 1.54) is 16.4 Å². The van der Waals surface area contributed by atoms with Crippen molar-refractivity contribution in [2.75, 3.05) is 18.9 Å². The molecule has 0 aromatic heterocycles. The maximum absolute atomic E-state index is 12.4. The van der Waals surface area contributed by atoms with Gasteiger partial charge in [-0.1, -0.05) is 23.7 Å². The number of amides is 1. The van der Waals surface area contributed by atoms with Gasteiger partial charge in [0.25, 0.3) is 0 Å². The second-order valence-electron chi connectivity index (χ2n) is 6.40. The molecule has 2 rings (SSSR count). The zero-order valence-electron chi connectivity index (χ0n) is 15.6. The number of nitrogens with zero attached hydrogens (tertiary/aromatic N) is 1. The normalized spacial score (nSPS) is 11.6. The Hall–Kier alpha value is -2.09. The molecule has 0 atom stereocenters. The van der Waals surface area contributed by atoms with E-state index >= 15 is 0 Å². The molecule has 2 aromatic carbocycles. The second-order valence-corrected chi connectivity index (χ2v) is 8.83. The maximum Gasteiger partial charge on any atom is 0.243 e. The van der Waals surface area contributed by atoms with Crippen LogP contribution in [-0.2, 0) is 21.4 Å². The average Bonchev–Trinajstić information content (AvgIpc) is 2.65. The first-order chi connectivity index (χ1) is 12.7. The summed E-state index contributed by atoms with van der Waals surface area (Å²) in [6, 6.07) is 13.5. The van der Waals surface area contributed by atoms with Crippen LogP contribution in [0.15, 0.2) is 53.4 Å². The first-order valence-corrected chi connectivity index (χ1v) is 10.3. The Balaban J connectivity index is 1.87. The van der Waals surface area contributed by atoms with E-state index in [2.05, 4.69) is 10.6 Å². The van der Waals surface area contributed by atoms with Crippen LogP contribution in [-0.4, -0.2) is 38.3 Å². The lowest BCUT2D eigenvalue weighted by Crippen LogP contribution is -2.33. The molecule has 146 valence electrons. The smallest absolute Gasteiger partial charge is 0.243 e. The molecule has 0 radical (unpaired) electrons. The fourth-order valence-corrected chi connectivity index (χ4v) is 3.73. The van der Waals surface area contributed by atoms with E-state index < -0.39 is 10.0 Å². The van der Waals surface area contributed by atoms with Gasteiger partial charge in [0.1, 0.15) is 0 Å². The quantitative estimate of drug-likeness (QED) is 0.702. The van der Waals surface area contributed by atoms with Crippen molar-refractivity contribution in [3.05, 3.63) is 59.1 Å². The van der Waals surface area contributed by atoms with Gasteiger partial charge in [-0.15, -0.1) is 0 Å². The molecule has 0 saturated heterocycles. The molecular weight excluding hydrogens is 386 g/mol. The molecule has 1 amide bonds. The van der Waals surface area contributed by atoms with Gasteiger partial charge >= 0.3 is 0 Å². The van der Waals surface area contributed by atoms with Crippen molar-refractivity contribution < 1.29 is 13.2 Å². The summed E-state index contributed by atoms with van der Waals surface area (Å²) in [6.45, 7) is 4.13. The molecule has 0 aliphatic carbocycles. The Kier molecular flexibility index (Phi) is 7.24. The summed E-state index contributed by atoms with van der Waals surface area (Å²) < 4.78 is 26.2. The van der Waals surface area contributed by atoms with Gasteiger partial charge in [-0.05, 0) is 55.8 Å². The van der Waals surface area contributed by atoms with Crippen LogP contribution < -0.4 is 10.6 Å². The standard InChI is InChI=1S/C19H24ClN3O3S/c1-14(2)23(3)27(25,26)18-10-8-17(9-11-18)21-13-19(24)22-12-15-4-6-16(20)7-5-15/h4-11,14,21H,12-13H2,1-3H3,(H,22,24). The van der Waals surface area contributed by atoms with Crippen LogP contribution in [0.3, 0.4) is 0 Å². The Morgan fingerprint density at radius 1 is 1.07 bits per heavy atom. The molecule has 0 aliphatic heterocycles. The molecule has 0 aliphatic rings. The zero-order chi connectivity index (χ0) is 20.0. The number of hydrogen-bond donors (Lipinski definition) is 2. The van der Waals surface area contributed by atoms with Gasteiger partial charge in [-0.3, -0.25) is 4.79 Å². The number of hydrogen-bond acceptors (Lipinski definition) is 4. The van der Waals surface area contributed by atoms with Crippen LogP contribution in [0.2, 0.25) is 5.02 Å². The number of carbonyl (C=O) groups excluding carboxylic acids is 1. The van der Waals surface area contributed by atoms with Crippen molar-refractivity contribution in [2.45, 2.75) is 31.3 Å². The number of nitrogens with one attached hydrogen (secondary N) is 2. The molecule has 0 spiro atoms. The van der Waals surface area contributed by atoms with E-state index in [4.69, 9.17) is 11.6 Å². The van der Waals surface area contributed by atoms with Crippen LogP contribution >= 0.6 is 11.6 Å². The molecule has 0 saturated carbocycles. The highest BCUT2D eigenvalue weighted by Crippen LogP contribution is 2.18. The Labute approximate surface area is 165 Å². The highest BCUT2D eigenvalue weighted by molar-refractivity contribution is 7.89. The number of halogens is 1. The molecule has 2 N–H and O–H groups in total. The van der Waals surface area contributed by atoms with E-state index in [0.717, 1.165) is 5.56 Å². The summed E-state index contributed by atoms with van der Waals surface area (Å²) in [5.41, 5.74) is 1.62. The summed E-state index contributed by atoms with van der Waals surface area (Å²) in [5.74, 6) is -0.166. The minimum Gasteiger partial charge on any atom is -0.376 e. The van der Waals surface area contributed by atoms with Gasteiger partial charge in [-0.2, -0.15) is 4.31 Å². The largest absolute Gasteiger partial charge is 0.376 e. The third kappa shape index (κ3) is 5.95. The minimum absolute atomic E-state index is 0.0889. The van der Waals surface area contributed by atoms with Crippen molar-refractivity contribution in [2.24, 2.45) is 0 Å². The fourth-order valence-electron chi connectivity index (χ4n) is 2.24. The van der Waals surface area contributed by atoms with Crippen molar-refractivity contribution in [1.82, 2.24) is 9.62 Å². The SMILES string of the molecule is CC(C)N(C)S(=O)(=O)c1ccc(NCC(=O)NCc2ccc(Cl)cc2)cc1. The van der Waals surface area contributed by atoms with Gasteiger partial charge in [-0.25, -0.2) is 8.42 Å². The summed E-state index contributed by atoms with van der Waals surface area (Å²) in [4.78, 5) is 12.2. The summed E-state index contributed by atoms with van der Waals surface area (Å²) >= 11 is 5.83. The third-order valence-electron chi connectivity index (χ3n) is 4.11. The lowest BCUT2D eigenvalue weighted by Gasteiger charge is -2.21. The topological polar surface area (TPSA) is 78.5 Å². The van der Waals surface area contributed by atoms with E-state index in [1.54, 1.807) is 31.3 Å².